The molecule has 12 rings (SSSR count). The van der Waals surface area contributed by atoms with E-state index in [4.69, 9.17) is 34.5 Å². The molecule has 9 aromatic heterocycles. The molecule has 0 spiro atoms. The number of ether oxygens (including phenoxy) is 5. The highest BCUT2D eigenvalue weighted by Gasteiger charge is 2.48. The number of nitrogen functional groups attached to an aromatic ring is 1. The second-order valence-electron chi connectivity index (χ2n) is 19.9. The first-order valence-corrected chi connectivity index (χ1v) is 30.0. The maximum Gasteiger partial charge on any atom is 0.360 e. The number of hydrogen-bond donors (Lipinski definition) is 9. The number of nitrogens with two attached hydrogens (primary N) is 1. The number of hydrogen-bond acceptors (Lipinski definition) is 23. The summed E-state index contributed by atoms with van der Waals surface area (Å²) in [6.07, 6.45) is 8.43. The van der Waals surface area contributed by atoms with Crippen molar-refractivity contribution in [1.82, 2.24) is 54.6 Å². The zero-order chi connectivity index (χ0) is 69.6. The summed E-state index contributed by atoms with van der Waals surface area (Å²) in [5.74, 6) is 0.334. The van der Waals surface area contributed by atoms with Gasteiger partial charge in [-0.15, -0.1) is 0 Å². The number of fused-ring (bicyclic) bond motifs is 5. The lowest BCUT2D eigenvalue weighted by Gasteiger charge is -2.28. The Hall–Kier alpha value is -11.5. The van der Waals surface area contributed by atoms with Crippen molar-refractivity contribution in [2.45, 2.75) is 74.5 Å². The first kappa shape index (κ1) is 74.2. The van der Waals surface area contributed by atoms with E-state index in [1.807, 2.05) is 82.4 Å². The fourth-order valence-corrected chi connectivity index (χ4v) is 8.52. The normalized spacial score (nSPS) is 12.2. The number of nitrogens with zero attached hydrogens (tertiary/aromatic N) is 8. The average molecular weight is 1310 g/mol. The van der Waals surface area contributed by atoms with Crippen LogP contribution in [0.3, 0.4) is 0 Å². The SMILES string of the molecule is CCO.CCOC(=O)C1(O)Cc2cccnc2N1C.CCOC(=O)c1cc2ccc(=O)[nH]c2[nH]1.CCOC(=O)c1cc2ccc(C)nc2[nH]1.CCOC(=O)c1cc2cccn(O)c-2n1.CCOC(=O)c1cc2cccnc2[nH]1.CNc1ncccc1C.Cc1cccnc1N. The Morgan fingerprint density at radius 1 is 0.600 bits per heavy atom. The van der Waals surface area contributed by atoms with Gasteiger partial charge in [-0.05, 0) is 158 Å². The minimum Gasteiger partial charge on any atom is -0.462 e. The van der Waals surface area contributed by atoms with E-state index in [0.29, 0.717) is 77.8 Å². The van der Waals surface area contributed by atoms with Crippen LogP contribution in [0, 0.1) is 20.8 Å². The minimum atomic E-state index is -1.62. The molecule has 12 heterocycles. The lowest BCUT2D eigenvalue weighted by atomic mass is 10.1. The summed E-state index contributed by atoms with van der Waals surface area (Å²) in [5, 5.41) is 32.9. The van der Waals surface area contributed by atoms with Gasteiger partial charge < -0.3 is 75.0 Å². The third-order valence-corrected chi connectivity index (χ3v) is 13.1. The van der Waals surface area contributed by atoms with Crippen molar-refractivity contribution < 1.29 is 63.1 Å². The first-order chi connectivity index (χ1) is 45.6. The van der Waals surface area contributed by atoms with Crippen LogP contribution in [0.4, 0.5) is 17.5 Å². The van der Waals surface area contributed by atoms with E-state index in [9.17, 15) is 39.1 Å². The number of pyridine rings is 7. The second-order valence-corrected chi connectivity index (χ2v) is 19.9. The highest BCUT2D eigenvalue weighted by atomic mass is 16.6. The van der Waals surface area contributed by atoms with E-state index in [-0.39, 0.29) is 42.8 Å². The van der Waals surface area contributed by atoms with Crippen molar-refractivity contribution in [3.05, 3.63) is 196 Å². The zero-order valence-corrected chi connectivity index (χ0v) is 54.7. The van der Waals surface area contributed by atoms with Gasteiger partial charge >= 0.3 is 29.8 Å². The molecule has 28 nitrogen and oxygen atoms in total. The van der Waals surface area contributed by atoms with Crippen LogP contribution in [-0.2, 0) is 34.9 Å². The quantitative estimate of drug-likeness (QED) is 0.0331. The number of H-pyrrole nitrogens is 4. The van der Waals surface area contributed by atoms with Crippen LogP contribution < -0.4 is 21.5 Å². The standard InChI is InChI=1S/C11H14N2O3.C11H12N2O2.2C10H10N2O3.C10H10N2O2.C7H10N2.C6H8N2.C2H6O/c1-3-16-10(14)11(15)7-8-5-4-6-12-9(8)13(11)2;1-3-15-11(14)9-6-8-5-4-7(2)12-10(8)13-9;1-2-15-10(14)7-5-6-3-4-8(13)12-9(6)11-7;1-2-15-10(13)8-6-7-4-3-5-12(14)9(7)11-8;1-2-14-10(13)8-6-7-4-3-5-11-9(7)12-8;1-6-4-3-5-9-7(6)8-2;1-5-3-2-4-8-6(5)7;1-2-3/h4-6,15H,3,7H2,1-2H3;4-6H,3H2,1-2H3,(H,12,13);3-5H,2H2,1H3,(H2,11,12,13);3-6,14H,2H2,1H3;3-6H,2H2,1H3,(H,11,12);3-5H,1-2H3,(H,8,9);2-4H,1H3,(H2,7,8);3H,2H2,1H3. The highest BCUT2D eigenvalue weighted by Crippen LogP contribution is 2.35. The highest BCUT2D eigenvalue weighted by molar-refractivity contribution is 5.95. The first-order valence-electron chi connectivity index (χ1n) is 30.0. The Morgan fingerprint density at radius 3 is 1.67 bits per heavy atom. The smallest absolute Gasteiger partial charge is 0.360 e. The van der Waals surface area contributed by atoms with E-state index in [1.165, 1.54) is 22.7 Å². The van der Waals surface area contributed by atoms with E-state index in [0.717, 1.165) is 49.2 Å². The molecule has 28 heteroatoms. The number of aryl methyl sites for hydroxylation is 3. The molecule has 1 atom stereocenters. The minimum absolute atomic E-state index is 0.209. The number of aromatic nitrogens is 11. The molecular formula is C67H80N14O14. The maximum atomic E-state index is 11.7. The van der Waals surface area contributed by atoms with Gasteiger partial charge in [-0.1, -0.05) is 18.2 Å². The molecule has 10 N–H and O–H groups in total. The third-order valence-electron chi connectivity index (χ3n) is 13.1. The molecule has 3 aliphatic rings. The number of aliphatic hydroxyl groups is 2. The van der Waals surface area contributed by atoms with Crippen molar-refractivity contribution >= 4 is 80.4 Å². The summed E-state index contributed by atoms with van der Waals surface area (Å²) < 4.78 is 25.1. The summed E-state index contributed by atoms with van der Waals surface area (Å²) in [4.78, 5) is 105. The molecule has 502 valence electrons. The van der Waals surface area contributed by atoms with Gasteiger partial charge in [-0.25, -0.2) is 53.9 Å². The number of rotatable bonds is 11. The third kappa shape index (κ3) is 21.3. The summed E-state index contributed by atoms with van der Waals surface area (Å²) in [6.45, 7) is 18.2. The van der Waals surface area contributed by atoms with Gasteiger partial charge in [-0.3, -0.25) is 4.79 Å². The predicted octanol–water partition coefficient (Wildman–Crippen LogP) is 8.95. The molecular weight excluding hydrogens is 1220 g/mol. The second kappa shape index (κ2) is 37.1. The Kier molecular flexibility index (Phi) is 29.0. The molecule has 0 bridgehead atoms. The van der Waals surface area contributed by atoms with Crippen molar-refractivity contribution in [2.24, 2.45) is 0 Å². The number of likely N-dealkylation sites (N-methyl/N-ethyl adjacent to an activating group) is 1. The lowest BCUT2D eigenvalue weighted by Crippen LogP contribution is -2.52. The molecule has 0 fully saturated rings. The maximum absolute atomic E-state index is 11.7. The molecule has 0 aliphatic carbocycles. The van der Waals surface area contributed by atoms with Gasteiger partial charge in [0.2, 0.25) is 11.3 Å². The van der Waals surface area contributed by atoms with Gasteiger partial charge in [0, 0.05) is 97.2 Å². The molecule has 1 unspecified atom stereocenters. The van der Waals surface area contributed by atoms with Gasteiger partial charge in [-0.2, -0.15) is 4.73 Å². The van der Waals surface area contributed by atoms with E-state index < -0.39 is 23.6 Å². The van der Waals surface area contributed by atoms with Crippen molar-refractivity contribution in [2.75, 3.05) is 69.7 Å². The average Bonchev–Trinajstić information content (AvgIpc) is 1.62. The zero-order valence-electron chi connectivity index (χ0n) is 54.7. The molecule has 0 aromatic carbocycles. The molecule has 9 aromatic rings. The van der Waals surface area contributed by atoms with Gasteiger partial charge in [0.25, 0.3) is 0 Å². The van der Waals surface area contributed by atoms with E-state index in [2.05, 4.69) is 55.2 Å². The van der Waals surface area contributed by atoms with Gasteiger partial charge in [0.1, 0.15) is 51.5 Å². The monoisotopic (exact) mass is 1300 g/mol. The summed E-state index contributed by atoms with van der Waals surface area (Å²) in [7, 11) is 3.51. The van der Waals surface area contributed by atoms with Crippen LogP contribution in [0.15, 0.2) is 145 Å². The fourth-order valence-electron chi connectivity index (χ4n) is 8.52. The van der Waals surface area contributed by atoms with Gasteiger partial charge in [0.05, 0.1) is 33.0 Å². The van der Waals surface area contributed by atoms with Crippen LogP contribution in [0.2, 0.25) is 0 Å². The summed E-state index contributed by atoms with van der Waals surface area (Å²) >= 11 is 0. The Balaban J connectivity index is 0.000000201. The molecule has 0 saturated heterocycles. The molecule has 0 amide bonds. The van der Waals surface area contributed by atoms with Crippen molar-refractivity contribution in [3.63, 3.8) is 0 Å². The molecule has 3 aliphatic heterocycles. The van der Waals surface area contributed by atoms with Crippen LogP contribution in [0.1, 0.15) is 106 Å². The summed E-state index contributed by atoms with van der Waals surface area (Å²) in [5.41, 5.74) is 11.7. The Bertz CT molecular complexity index is 4240. The number of aliphatic hydroxyl groups excluding tert-OH is 1. The number of carbonyl (C=O) groups is 5. The number of nitrogens with one attached hydrogen (secondary N) is 5. The number of carbonyl (C=O) groups excluding carboxylic acids is 5. The van der Waals surface area contributed by atoms with E-state index in [1.54, 1.807) is 122 Å². The van der Waals surface area contributed by atoms with Gasteiger partial charge in [0.15, 0.2) is 11.5 Å². The van der Waals surface area contributed by atoms with Crippen LogP contribution in [0.25, 0.3) is 44.5 Å². The molecule has 0 saturated carbocycles. The molecule has 95 heavy (non-hydrogen) atoms. The summed E-state index contributed by atoms with van der Waals surface area (Å²) in [6, 6.07) is 32.1. The van der Waals surface area contributed by atoms with E-state index >= 15 is 0 Å². The predicted molar refractivity (Wildman–Crippen MR) is 358 cm³/mol. The number of esters is 5. The number of anilines is 3. The largest absolute Gasteiger partial charge is 0.462 e. The Morgan fingerprint density at radius 2 is 1.13 bits per heavy atom. The van der Waals surface area contributed by atoms with Crippen LogP contribution in [-0.4, -0.2) is 159 Å². The number of aromatic amines is 4. The van der Waals surface area contributed by atoms with Crippen LogP contribution >= 0.6 is 0 Å². The molecule has 0 radical (unpaired) electrons. The topological polar surface area (TPSA) is 396 Å². The van der Waals surface area contributed by atoms with Crippen LogP contribution in [0.5, 0.6) is 0 Å². The Labute approximate surface area is 547 Å². The van der Waals surface area contributed by atoms with Crippen molar-refractivity contribution in [3.8, 4) is 11.4 Å². The lowest BCUT2D eigenvalue weighted by molar-refractivity contribution is -0.163. The fraction of sp³-hybridized carbons (Fsp3) is 0.284. The van der Waals surface area contributed by atoms with Crippen molar-refractivity contribution in [1.29, 1.82) is 0 Å².